The third-order valence-corrected chi connectivity index (χ3v) is 4.45. The fraction of sp³-hybridized carbons (Fsp3) is 0.611. The van der Waals surface area contributed by atoms with E-state index in [0.717, 1.165) is 13.0 Å². The SMILES string of the molecule is O=C(NCCCN1CCCCCC1)[C@H]1COc2ccccc2O1. The van der Waals surface area contributed by atoms with E-state index in [0.29, 0.717) is 18.0 Å². The molecule has 0 saturated carbocycles. The summed E-state index contributed by atoms with van der Waals surface area (Å²) in [5, 5.41) is 2.97. The summed E-state index contributed by atoms with van der Waals surface area (Å²) in [6.45, 7) is 4.42. The van der Waals surface area contributed by atoms with E-state index >= 15 is 0 Å². The number of para-hydroxylation sites is 2. The van der Waals surface area contributed by atoms with E-state index in [1.165, 1.54) is 38.8 Å². The van der Waals surface area contributed by atoms with Crippen LogP contribution in [0.3, 0.4) is 0 Å². The van der Waals surface area contributed by atoms with Gasteiger partial charge in [0.05, 0.1) is 0 Å². The number of ether oxygens (including phenoxy) is 2. The summed E-state index contributed by atoms with van der Waals surface area (Å²) in [5.74, 6) is 1.26. The normalized spacial score (nSPS) is 21.5. The molecule has 1 atom stereocenters. The predicted octanol–water partition coefficient (Wildman–Crippen LogP) is 2.21. The Hall–Kier alpha value is -1.75. The van der Waals surface area contributed by atoms with Gasteiger partial charge in [-0.15, -0.1) is 0 Å². The van der Waals surface area contributed by atoms with Crippen molar-refractivity contribution in [3.05, 3.63) is 24.3 Å². The van der Waals surface area contributed by atoms with Gasteiger partial charge in [0.25, 0.3) is 5.91 Å². The molecular weight excluding hydrogens is 292 g/mol. The quantitative estimate of drug-likeness (QED) is 0.846. The van der Waals surface area contributed by atoms with Gasteiger partial charge in [-0.25, -0.2) is 0 Å². The molecule has 0 aromatic heterocycles. The summed E-state index contributed by atoms with van der Waals surface area (Å²) in [6, 6.07) is 7.45. The minimum absolute atomic E-state index is 0.0876. The zero-order valence-corrected chi connectivity index (χ0v) is 13.6. The second-order valence-electron chi connectivity index (χ2n) is 6.26. The molecule has 0 bridgehead atoms. The molecule has 1 N–H and O–H groups in total. The molecule has 0 spiro atoms. The first-order valence-corrected chi connectivity index (χ1v) is 8.71. The lowest BCUT2D eigenvalue weighted by Crippen LogP contribution is -2.44. The number of hydrogen-bond acceptors (Lipinski definition) is 4. The van der Waals surface area contributed by atoms with E-state index < -0.39 is 6.10 Å². The second-order valence-corrected chi connectivity index (χ2v) is 6.26. The summed E-state index contributed by atoms with van der Waals surface area (Å²) in [7, 11) is 0. The summed E-state index contributed by atoms with van der Waals surface area (Å²) < 4.78 is 11.3. The van der Waals surface area contributed by atoms with Gasteiger partial charge in [-0.3, -0.25) is 4.79 Å². The lowest BCUT2D eigenvalue weighted by Gasteiger charge is -2.25. The van der Waals surface area contributed by atoms with Crippen LogP contribution in [0, 0.1) is 0 Å². The monoisotopic (exact) mass is 318 g/mol. The molecule has 3 rings (SSSR count). The van der Waals surface area contributed by atoms with Crippen LogP contribution in [0.1, 0.15) is 32.1 Å². The van der Waals surface area contributed by atoms with Gasteiger partial charge in [-0.2, -0.15) is 0 Å². The molecule has 126 valence electrons. The zero-order chi connectivity index (χ0) is 15.9. The molecule has 5 nitrogen and oxygen atoms in total. The number of carbonyl (C=O) groups excluding carboxylic acids is 1. The molecule has 0 radical (unpaired) electrons. The van der Waals surface area contributed by atoms with Crippen molar-refractivity contribution in [3.8, 4) is 11.5 Å². The van der Waals surface area contributed by atoms with Gasteiger partial charge < -0.3 is 19.7 Å². The Labute approximate surface area is 137 Å². The average Bonchev–Trinajstić information content (AvgIpc) is 2.87. The molecule has 2 heterocycles. The van der Waals surface area contributed by atoms with Crippen molar-refractivity contribution in [1.82, 2.24) is 10.2 Å². The topological polar surface area (TPSA) is 50.8 Å². The van der Waals surface area contributed by atoms with Crippen molar-refractivity contribution >= 4 is 5.91 Å². The molecular formula is C18H26N2O3. The van der Waals surface area contributed by atoms with E-state index in [4.69, 9.17) is 9.47 Å². The average molecular weight is 318 g/mol. The molecule has 1 aromatic carbocycles. The number of amides is 1. The minimum Gasteiger partial charge on any atom is -0.485 e. The number of hydrogen-bond donors (Lipinski definition) is 1. The molecule has 2 aliphatic heterocycles. The summed E-state index contributed by atoms with van der Waals surface area (Å²) in [4.78, 5) is 14.7. The third-order valence-electron chi connectivity index (χ3n) is 4.45. The number of benzene rings is 1. The van der Waals surface area contributed by atoms with E-state index in [2.05, 4.69) is 10.2 Å². The lowest BCUT2D eigenvalue weighted by atomic mass is 10.2. The Bertz CT molecular complexity index is 513. The molecule has 2 aliphatic rings. The van der Waals surface area contributed by atoms with E-state index in [1.54, 1.807) is 0 Å². The van der Waals surface area contributed by atoms with Crippen molar-refractivity contribution in [3.63, 3.8) is 0 Å². The molecule has 23 heavy (non-hydrogen) atoms. The Balaban J connectivity index is 1.37. The first-order chi connectivity index (χ1) is 11.3. The van der Waals surface area contributed by atoms with Crippen molar-refractivity contribution in [2.45, 2.75) is 38.2 Å². The smallest absolute Gasteiger partial charge is 0.264 e. The van der Waals surface area contributed by atoms with Crippen LogP contribution < -0.4 is 14.8 Å². The zero-order valence-electron chi connectivity index (χ0n) is 13.6. The van der Waals surface area contributed by atoms with Crippen molar-refractivity contribution in [1.29, 1.82) is 0 Å². The van der Waals surface area contributed by atoms with Crippen LogP contribution in [-0.4, -0.2) is 49.7 Å². The Morgan fingerprint density at radius 2 is 1.87 bits per heavy atom. The van der Waals surface area contributed by atoms with Gasteiger partial charge in [-0.05, 0) is 51.0 Å². The minimum atomic E-state index is -0.553. The second kappa shape index (κ2) is 8.20. The van der Waals surface area contributed by atoms with Gasteiger partial charge in [0.2, 0.25) is 6.10 Å². The van der Waals surface area contributed by atoms with Crippen LogP contribution in [0.5, 0.6) is 11.5 Å². The highest BCUT2D eigenvalue weighted by molar-refractivity contribution is 5.81. The standard InChI is InChI=1S/C18H26N2O3/c21-18(17-14-22-15-8-3-4-9-16(15)23-17)19-10-7-13-20-11-5-1-2-6-12-20/h3-4,8-9,17H,1-2,5-7,10-14H2,(H,19,21)/t17-/m1/s1. The highest BCUT2D eigenvalue weighted by Gasteiger charge is 2.26. The molecule has 5 heteroatoms. The molecule has 1 saturated heterocycles. The lowest BCUT2D eigenvalue weighted by molar-refractivity contribution is -0.130. The maximum atomic E-state index is 12.2. The van der Waals surface area contributed by atoms with Crippen LogP contribution in [-0.2, 0) is 4.79 Å². The Morgan fingerprint density at radius 1 is 1.13 bits per heavy atom. The van der Waals surface area contributed by atoms with Gasteiger partial charge in [-0.1, -0.05) is 25.0 Å². The fourth-order valence-corrected chi connectivity index (χ4v) is 3.14. The van der Waals surface area contributed by atoms with Gasteiger partial charge in [0.1, 0.15) is 6.61 Å². The van der Waals surface area contributed by atoms with Gasteiger partial charge in [0, 0.05) is 6.54 Å². The van der Waals surface area contributed by atoms with Crippen LogP contribution in [0.2, 0.25) is 0 Å². The van der Waals surface area contributed by atoms with Crippen LogP contribution >= 0.6 is 0 Å². The fourth-order valence-electron chi connectivity index (χ4n) is 3.14. The molecule has 1 fully saturated rings. The number of fused-ring (bicyclic) bond motifs is 1. The number of rotatable bonds is 5. The molecule has 0 unspecified atom stereocenters. The Morgan fingerprint density at radius 3 is 2.65 bits per heavy atom. The number of nitrogens with one attached hydrogen (secondary N) is 1. The summed E-state index contributed by atoms with van der Waals surface area (Å²) >= 11 is 0. The molecule has 1 amide bonds. The number of carbonyl (C=O) groups is 1. The van der Waals surface area contributed by atoms with Crippen molar-refractivity contribution in [2.24, 2.45) is 0 Å². The van der Waals surface area contributed by atoms with E-state index in [-0.39, 0.29) is 12.5 Å². The summed E-state index contributed by atoms with van der Waals surface area (Å²) in [5.41, 5.74) is 0. The van der Waals surface area contributed by atoms with Crippen LogP contribution in [0.4, 0.5) is 0 Å². The third kappa shape index (κ3) is 4.61. The van der Waals surface area contributed by atoms with Gasteiger partial charge in [0.15, 0.2) is 11.5 Å². The largest absolute Gasteiger partial charge is 0.485 e. The first kappa shape index (κ1) is 16.1. The maximum absolute atomic E-state index is 12.2. The van der Waals surface area contributed by atoms with E-state index in [9.17, 15) is 4.79 Å². The van der Waals surface area contributed by atoms with Crippen LogP contribution in [0.25, 0.3) is 0 Å². The first-order valence-electron chi connectivity index (χ1n) is 8.71. The number of nitrogens with zero attached hydrogens (tertiary/aromatic N) is 1. The highest BCUT2D eigenvalue weighted by Crippen LogP contribution is 2.30. The van der Waals surface area contributed by atoms with Gasteiger partial charge >= 0.3 is 0 Å². The maximum Gasteiger partial charge on any atom is 0.264 e. The molecule has 0 aliphatic carbocycles. The van der Waals surface area contributed by atoms with Crippen molar-refractivity contribution in [2.75, 3.05) is 32.8 Å². The highest BCUT2D eigenvalue weighted by atomic mass is 16.6. The summed E-state index contributed by atoms with van der Waals surface area (Å²) in [6.07, 6.45) is 5.75. The number of likely N-dealkylation sites (tertiary alicyclic amines) is 1. The van der Waals surface area contributed by atoms with E-state index in [1.807, 2.05) is 24.3 Å². The van der Waals surface area contributed by atoms with Crippen LogP contribution in [0.15, 0.2) is 24.3 Å². The van der Waals surface area contributed by atoms with Crippen molar-refractivity contribution < 1.29 is 14.3 Å². The Kier molecular flexibility index (Phi) is 5.75. The predicted molar refractivity (Wildman–Crippen MR) is 88.9 cm³/mol. The molecule has 1 aromatic rings.